The van der Waals surface area contributed by atoms with E-state index in [1.807, 2.05) is 4.68 Å². The van der Waals surface area contributed by atoms with Gasteiger partial charge in [-0.15, -0.1) is 5.10 Å². The molecule has 2 rings (SSSR count). The second-order valence-corrected chi connectivity index (χ2v) is 4.50. The Balaban J connectivity index is 2.04. The molecule has 0 aliphatic carbocycles. The maximum atomic E-state index is 5.37. The number of tetrazole rings is 1. The maximum Gasteiger partial charge on any atom is 0.168 e. The third-order valence-corrected chi connectivity index (χ3v) is 3.14. The highest BCUT2D eigenvalue weighted by molar-refractivity contribution is 4.92. The van der Waals surface area contributed by atoms with Gasteiger partial charge in [0.15, 0.2) is 5.82 Å². The number of aromatic nitrogens is 4. The van der Waals surface area contributed by atoms with E-state index < -0.39 is 0 Å². The van der Waals surface area contributed by atoms with Crippen molar-refractivity contribution in [2.75, 3.05) is 19.8 Å². The quantitative estimate of drug-likeness (QED) is 0.833. The van der Waals surface area contributed by atoms with Crippen LogP contribution in [0.4, 0.5) is 0 Å². The van der Waals surface area contributed by atoms with E-state index in [-0.39, 0.29) is 6.04 Å². The molecule has 1 aromatic heterocycles. The van der Waals surface area contributed by atoms with E-state index in [1.165, 1.54) is 0 Å². The average molecular weight is 239 g/mol. The molecule has 96 valence electrons. The van der Waals surface area contributed by atoms with E-state index in [9.17, 15) is 0 Å². The summed E-state index contributed by atoms with van der Waals surface area (Å²) in [5.74, 6) is 0.936. The molecule has 1 atom stereocenters. The molecule has 0 aromatic carbocycles. The molecule has 6 nitrogen and oxygen atoms in total. The fourth-order valence-electron chi connectivity index (χ4n) is 2.13. The first kappa shape index (κ1) is 12.4. The number of rotatable bonds is 5. The Morgan fingerprint density at radius 3 is 2.94 bits per heavy atom. The molecule has 1 N–H and O–H groups in total. The van der Waals surface area contributed by atoms with Crippen LogP contribution in [-0.4, -0.2) is 40.0 Å². The largest absolute Gasteiger partial charge is 0.381 e. The van der Waals surface area contributed by atoms with Crippen molar-refractivity contribution in [3.63, 3.8) is 0 Å². The van der Waals surface area contributed by atoms with E-state index in [1.54, 1.807) is 0 Å². The Morgan fingerprint density at radius 1 is 1.47 bits per heavy atom. The molecule has 0 saturated carbocycles. The van der Waals surface area contributed by atoms with Gasteiger partial charge in [0.2, 0.25) is 0 Å². The van der Waals surface area contributed by atoms with E-state index in [4.69, 9.17) is 4.74 Å². The van der Waals surface area contributed by atoms with Gasteiger partial charge in [0.25, 0.3) is 0 Å². The molecule has 0 bridgehead atoms. The van der Waals surface area contributed by atoms with Gasteiger partial charge in [-0.05, 0) is 43.2 Å². The summed E-state index contributed by atoms with van der Waals surface area (Å²) >= 11 is 0. The Kier molecular flexibility index (Phi) is 4.44. The minimum atomic E-state index is 0.202. The minimum Gasteiger partial charge on any atom is -0.381 e. The first-order valence-corrected chi connectivity index (χ1v) is 6.41. The molecular formula is C11H21N5O. The predicted molar refractivity (Wildman–Crippen MR) is 63.6 cm³/mol. The van der Waals surface area contributed by atoms with Gasteiger partial charge < -0.3 is 10.1 Å². The lowest BCUT2D eigenvalue weighted by molar-refractivity contribution is 0.0644. The summed E-state index contributed by atoms with van der Waals surface area (Å²) in [4.78, 5) is 0. The van der Waals surface area contributed by atoms with Crippen LogP contribution in [0.2, 0.25) is 0 Å². The van der Waals surface area contributed by atoms with Gasteiger partial charge in [-0.2, -0.15) is 0 Å². The van der Waals surface area contributed by atoms with Gasteiger partial charge in [-0.3, -0.25) is 0 Å². The molecule has 2 heterocycles. The smallest absolute Gasteiger partial charge is 0.168 e. The zero-order chi connectivity index (χ0) is 12.1. The fraction of sp³-hybridized carbons (Fsp3) is 0.909. The second-order valence-electron chi connectivity index (χ2n) is 4.50. The molecule has 1 aromatic rings. The summed E-state index contributed by atoms with van der Waals surface area (Å²) in [6.45, 7) is 6.86. The molecule has 1 unspecified atom stereocenters. The van der Waals surface area contributed by atoms with E-state index in [2.05, 4.69) is 34.7 Å². The molecule has 1 aliphatic heterocycles. The van der Waals surface area contributed by atoms with E-state index in [0.717, 1.165) is 44.8 Å². The van der Waals surface area contributed by atoms with Crippen LogP contribution in [0.1, 0.15) is 51.0 Å². The molecule has 1 saturated heterocycles. The molecule has 0 spiro atoms. The Labute approximate surface area is 102 Å². The van der Waals surface area contributed by atoms with E-state index in [0.29, 0.717) is 6.04 Å². The monoisotopic (exact) mass is 239 g/mol. The van der Waals surface area contributed by atoms with Crippen molar-refractivity contribution in [1.82, 2.24) is 25.5 Å². The summed E-state index contributed by atoms with van der Waals surface area (Å²) in [5, 5.41) is 15.5. The molecule has 1 aliphatic rings. The first-order chi connectivity index (χ1) is 8.33. The fourth-order valence-corrected chi connectivity index (χ4v) is 2.13. The number of hydrogen-bond acceptors (Lipinski definition) is 5. The average Bonchev–Trinajstić information content (AvgIpc) is 2.86. The summed E-state index contributed by atoms with van der Waals surface area (Å²) in [6, 6.07) is 0.590. The van der Waals surface area contributed by atoms with Crippen LogP contribution < -0.4 is 5.32 Å². The zero-order valence-corrected chi connectivity index (χ0v) is 10.6. The lowest BCUT2D eigenvalue weighted by Gasteiger charge is -2.24. The lowest BCUT2D eigenvalue weighted by atomic mass is 10.1. The SMILES string of the molecule is CCCNC(C)c1nnnn1C1CCOCC1. The normalized spacial score (nSPS) is 19.4. The van der Waals surface area contributed by atoms with Crippen molar-refractivity contribution in [1.29, 1.82) is 0 Å². The van der Waals surface area contributed by atoms with Gasteiger partial charge >= 0.3 is 0 Å². The highest BCUT2D eigenvalue weighted by Crippen LogP contribution is 2.22. The summed E-state index contributed by atoms with van der Waals surface area (Å²) < 4.78 is 7.33. The standard InChI is InChI=1S/C11H21N5O/c1-3-6-12-9(2)11-13-14-15-16(11)10-4-7-17-8-5-10/h9-10,12H,3-8H2,1-2H3. The van der Waals surface area contributed by atoms with Crippen LogP contribution in [0.5, 0.6) is 0 Å². The van der Waals surface area contributed by atoms with Crippen LogP contribution in [0.3, 0.4) is 0 Å². The van der Waals surface area contributed by atoms with Crippen molar-refractivity contribution in [2.45, 2.75) is 45.2 Å². The number of nitrogens with zero attached hydrogens (tertiary/aromatic N) is 4. The van der Waals surface area contributed by atoms with Crippen LogP contribution in [0.25, 0.3) is 0 Å². The predicted octanol–water partition coefficient (Wildman–Crippen LogP) is 1.09. The molecular weight excluding hydrogens is 218 g/mol. The highest BCUT2D eigenvalue weighted by Gasteiger charge is 2.22. The third kappa shape index (κ3) is 3.01. The van der Waals surface area contributed by atoms with Crippen molar-refractivity contribution in [2.24, 2.45) is 0 Å². The second kappa shape index (κ2) is 6.07. The topological polar surface area (TPSA) is 64.9 Å². The molecule has 17 heavy (non-hydrogen) atoms. The van der Waals surface area contributed by atoms with Gasteiger partial charge in [0.1, 0.15) is 0 Å². The van der Waals surface area contributed by atoms with Gasteiger partial charge in [0.05, 0.1) is 12.1 Å². The van der Waals surface area contributed by atoms with Crippen LogP contribution >= 0.6 is 0 Å². The first-order valence-electron chi connectivity index (χ1n) is 6.41. The van der Waals surface area contributed by atoms with Crippen molar-refractivity contribution >= 4 is 0 Å². The van der Waals surface area contributed by atoms with Gasteiger partial charge in [0, 0.05) is 13.2 Å². The van der Waals surface area contributed by atoms with E-state index >= 15 is 0 Å². The summed E-state index contributed by atoms with van der Waals surface area (Å²) in [6.07, 6.45) is 3.11. The summed E-state index contributed by atoms with van der Waals surface area (Å²) in [5.41, 5.74) is 0. The minimum absolute atomic E-state index is 0.202. The molecule has 1 fully saturated rings. The Hall–Kier alpha value is -1.01. The highest BCUT2D eigenvalue weighted by atomic mass is 16.5. The Bertz CT molecular complexity index is 334. The van der Waals surface area contributed by atoms with Gasteiger partial charge in [-0.1, -0.05) is 6.92 Å². The number of ether oxygens (including phenoxy) is 1. The zero-order valence-electron chi connectivity index (χ0n) is 10.6. The van der Waals surface area contributed by atoms with Crippen molar-refractivity contribution in [3.05, 3.63) is 5.82 Å². The molecule has 0 radical (unpaired) electrons. The lowest BCUT2D eigenvalue weighted by Crippen LogP contribution is -2.27. The van der Waals surface area contributed by atoms with Crippen molar-refractivity contribution in [3.8, 4) is 0 Å². The number of nitrogens with one attached hydrogen (secondary N) is 1. The van der Waals surface area contributed by atoms with Crippen LogP contribution in [-0.2, 0) is 4.74 Å². The third-order valence-electron chi connectivity index (χ3n) is 3.14. The Morgan fingerprint density at radius 2 is 2.24 bits per heavy atom. The van der Waals surface area contributed by atoms with Gasteiger partial charge in [-0.25, -0.2) is 4.68 Å². The number of hydrogen-bond donors (Lipinski definition) is 1. The van der Waals surface area contributed by atoms with Crippen molar-refractivity contribution < 1.29 is 4.74 Å². The van der Waals surface area contributed by atoms with Crippen LogP contribution in [0.15, 0.2) is 0 Å². The molecule has 0 amide bonds. The van der Waals surface area contributed by atoms with Crippen LogP contribution in [0, 0.1) is 0 Å². The molecule has 6 heteroatoms. The maximum absolute atomic E-state index is 5.37. The summed E-state index contributed by atoms with van der Waals surface area (Å²) in [7, 11) is 0.